The van der Waals surface area contributed by atoms with Gasteiger partial charge in [0.1, 0.15) is 5.70 Å². The Hall–Kier alpha value is -1.91. The van der Waals surface area contributed by atoms with E-state index in [1.807, 2.05) is 11.2 Å². The second-order valence-electron chi connectivity index (χ2n) is 3.37. The maximum absolute atomic E-state index is 11.3. The molecule has 0 spiro atoms. The number of carbonyl (C=O) groups excluding carboxylic acids is 1. The predicted octanol–water partition coefficient (Wildman–Crippen LogP) is -0.504. The van der Waals surface area contributed by atoms with E-state index in [9.17, 15) is 4.79 Å². The third kappa shape index (κ3) is 0.921. The quantitative estimate of drug-likeness (QED) is 0.482. The van der Waals surface area contributed by atoms with Gasteiger partial charge in [0.2, 0.25) is 5.91 Å². The molecule has 0 saturated carbocycles. The third-order valence-electron chi connectivity index (χ3n) is 2.47. The molecule has 0 aromatic heterocycles. The molecule has 14 heavy (non-hydrogen) atoms. The van der Waals surface area contributed by atoms with Crippen LogP contribution in [0.1, 0.15) is 6.42 Å². The number of carbonyl (C=O) groups is 1. The second kappa shape index (κ2) is 2.54. The molecule has 0 bridgehead atoms. The molecule has 0 aromatic rings. The van der Waals surface area contributed by atoms with E-state index < -0.39 is 0 Å². The summed E-state index contributed by atoms with van der Waals surface area (Å²) >= 11 is 0. The van der Waals surface area contributed by atoms with Gasteiger partial charge in [-0.2, -0.15) is 0 Å². The Morgan fingerprint density at radius 1 is 1.43 bits per heavy atom. The van der Waals surface area contributed by atoms with Gasteiger partial charge in [-0.3, -0.25) is 15.2 Å². The lowest BCUT2D eigenvalue weighted by Crippen LogP contribution is -2.32. The molecule has 0 unspecified atom stereocenters. The van der Waals surface area contributed by atoms with Crippen molar-refractivity contribution in [2.75, 3.05) is 6.54 Å². The zero-order valence-electron chi connectivity index (χ0n) is 7.50. The van der Waals surface area contributed by atoms with Gasteiger partial charge in [-0.15, -0.1) is 0 Å². The van der Waals surface area contributed by atoms with Gasteiger partial charge in [-0.25, -0.2) is 0 Å². The second-order valence-corrected chi connectivity index (χ2v) is 3.37. The van der Waals surface area contributed by atoms with Gasteiger partial charge < -0.3 is 10.6 Å². The lowest BCUT2D eigenvalue weighted by Gasteiger charge is -2.23. The highest BCUT2D eigenvalue weighted by atomic mass is 16.1. The van der Waals surface area contributed by atoms with Crippen LogP contribution in [0.5, 0.6) is 0 Å². The van der Waals surface area contributed by atoms with Gasteiger partial charge in [0.05, 0.1) is 5.70 Å². The van der Waals surface area contributed by atoms with E-state index in [0.29, 0.717) is 0 Å². The fourth-order valence-corrected chi connectivity index (χ4v) is 1.85. The molecule has 0 aromatic carbocycles. The van der Waals surface area contributed by atoms with E-state index in [0.717, 1.165) is 30.1 Å². The van der Waals surface area contributed by atoms with Crippen molar-refractivity contribution in [2.45, 2.75) is 6.42 Å². The molecular formula is C9H10N4O. The van der Waals surface area contributed by atoms with Crippen LogP contribution in [0.25, 0.3) is 0 Å². The summed E-state index contributed by atoms with van der Waals surface area (Å²) < 4.78 is 0. The lowest BCUT2D eigenvalue weighted by molar-refractivity contribution is -0.115. The first-order chi connectivity index (χ1) is 6.84. The molecule has 5 heteroatoms. The summed E-state index contributed by atoms with van der Waals surface area (Å²) in [5.41, 5.74) is 6.11. The fraction of sp³-hybridized carbons (Fsp3) is 0.222. The summed E-state index contributed by atoms with van der Waals surface area (Å²) in [4.78, 5) is 11.3. The topological polar surface area (TPSA) is 56.4 Å². The van der Waals surface area contributed by atoms with Crippen molar-refractivity contribution < 1.29 is 4.79 Å². The number of amides is 1. The van der Waals surface area contributed by atoms with Gasteiger partial charge >= 0.3 is 0 Å². The van der Waals surface area contributed by atoms with Gasteiger partial charge in [-0.1, -0.05) is 0 Å². The minimum atomic E-state index is -0.0649. The molecule has 0 radical (unpaired) electrons. The van der Waals surface area contributed by atoms with Crippen LogP contribution in [0.4, 0.5) is 0 Å². The summed E-state index contributed by atoms with van der Waals surface area (Å²) in [6.07, 6.45) is 5.99. The fourth-order valence-electron chi connectivity index (χ4n) is 1.85. The van der Waals surface area contributed by atoms with Crippen LogP contribution in [-0.2, 0) is 4.79 Å². The lowest BCUT2D eigenvalue weighted by atomic mass is 10.1. The van der Waals surface area contributed by atoms with Crippen molar-refractivity contribution in [3.8, 4) is 0 Å². The Balaban J connectivity index is 2.11. The molecule has 0 aliphatic carbocycles. The third-order valence-corrected chi connectivity index (χ3v) is 2.47. The maximum Gasteiger partial charge on any atom is 0.249 e. The van der Waals surface area contributed by atoms with Crippen molar-refractivity contribution in [3.05, 3.63) is 35.6 Å². The van der Waals surface area contributed by atoms with Crippen molar-refractivity contribution in [1.29, 1.82) is 0 Å². The van der Waals surface area contributed by atoms with Gasteiger partial charge in [-0.05, 0) is 0 Å². The molecule has 5 nitrogen and oxygen atoms in total. The van der Waals surface area contributed by atoms with Gasteiger partial charge in [0, 0.05) is 37.1 Å². The Labute approximate surface area is 81.1 Å². The SMILES string of the molecule is O=C1C=CN2NC=C3NCCC(=C32)N1. The molecule has 0 atom stereocenters. The summed E-state index contributed by atoms with van der Waals surface area (Å²) in [7, 11) is 0. The van der Waals surface area contributed by atoms with E-state index in [4.69, 9.17) is 0 Å². The van der Waals surface area contributed by atoms with E-state index in [1.54, 1.807) is 6.20 Å². The monoisotopic (exact) mass is 190 g/mol. The van der Waals surface area contributed by atoms with Crippen molar-refractivity contribution >= 4 is 5.91 Å². The molecule has 0 saturated heterocycles. The molecular weight excluding hydrogens is 180 g/mol. The van der Waals surface area contributed by atoms with Crippen LogP contribution in [0, 0.1) is 0 Å². The summed E-state index contributed by atoms with van der Waals surface area (Å²) in [6.45, 7) is 0.862. The van der Waals surface area contributed by atoms with E-state index in [-0.39, 0.29) is 5.91 Å². The number of nitrogens with zero attached hydrogens (tertiary/aromatic N) is 1. The molecule has 3 aliphatic rings. The van der Waals surface area contributed by atoms with Crippen LogP contribution in [-0.4, -0.2) is 17.5 Å². The Morgan fingerprint density at radius 2 is 2.36 bits per heavy atom. The Kier molecular flexibility index (Phi) is 1.36. The first-order valence-corrected chi connectivity index (χ1v) is 4.57. The summed E-state index contributed by atoms with van der Waals surface area (Å²) in [6, 6.07) is 0. The van der Waals surface area contributed by atoms with Crippen LogP contribution < -0.4 is 16.1 Å². The standard InChI is InChI=1S/C9H10N4O/c14-8-2-4-13-9-6(12-8)1-3-10-7(9)5-11-13/h2,4-5,10-11H,1,3H2,(H,12,14). The number of nitrogens with one attached hydrogen (secondary N) is 3. The normalized spacial score (nSPS) is 23.3. The van der Waals surface area contributed by atoms with Crippen LogP contribution in [0.3, 0.4) is 0 Å². The number of hydrazine groups is 1. The van der Waals surface area contributed by atoms with Gasteiger partial charge in [0.25, 0.3) is 0 Å². The molecule has 0 fully saturated rings. The highest BCUT2D eigenvalue weighted by Gasteiger charge is 2.28. The number of hydrogen-bond donors (Lipinski definition) is 3. The average Bonchev–Trinajstić information content (AvgIpc) is 2.51. The smallest absolute Gasteiger partial charge is 0.249 e. The Morgan fingerprint density at radius 3 is 3.29 bits per heavy atom. The molecule has 3 rings (SSSR count). The first-order valence-electron chi connectivity index (χ1n) is 4.57. The highest BCUT2D eigenvalue weighted by molar-refractivity contribution is 5.89. The van der Waals surface area contributed by atoms with Crippen LogP contribution in [0.2, 0.25) is 0 Å². The van der Waals surface area contributed by atoms with Crippen molar-refractivity contribution in [3.63, 3.8) is 0 Å². The van der Waals surface area contributed by atoms with Crippen molar-refractivity contribution in [2.24, 2.45) is 0 Å². The summed E-state index contributed by atoms with van der Waals surface area (Å²) in [5.74, 6) is -0.0649. The predicted molar refractivity (Wildman–Crippen MR) is 50.0 cm³/mol. The molecule has 3 aliphatic heterocycles. The van der Waals surface area contributed by atoms with E-state index in [1.165, 1.54) is 6.08 Å². The van der Waals surface area contributed by atoms with Crippen LogP contribution in [0.15, 0.2) is 35.6 Å². The zero-order valence-corrected chi connectivity index (χ0v) is 7.50. The minimum Gasteiger partial charge on any atom is -0.382 e. The number of rotatable bonds is 0. The largest absolute Gasteiger partial charge is 0.382 e. The molecule has 3 N–H and O–H groups in total. The van der Waals surface area contributed by atoms with Crippen LogP contribution >= 0.6 is 0 Å². The van der Waals surface area contributed by atoms with E-state index in [2.05, 4.69) is 16.1 Å². The van der Waals surface area contributed by atoms with E-state index >= 15 is 0 Å². The zero-order chi connectivity index (χ0) is 9.54. The molecule has 72 valence electrons. The van der Waals surface area contributed by atoms with Crippen molar-refractivity contribution in [1.82, 2.24) is 21.1 Å². The first kappa shape index (κ1) is 7.49. The number of hydrogen-bond acceptors (Lipinski definition) is 4. The minimum absolute atomic E-state index is 0.0649. The molecule has 3 heterocycles. The highest BCUT2D eigenvalue weighted by Crippen LogP contribution is 2.26. The maximum atomic E-state index is 11.3. The Bertz CT molecular complexity index is 394. The van der Waals surface area contributed by atoms with Gasteiger partial charge in [0.15, 0.2) is 0 Å². The molecule has 1 amide bonds. The average molecular weight is 190 g/mol. The summed E-state index contributed by atoms with van der Waals surface area (Å²) in [5, 5.41) is 7.98.